The van der Waals surface area contributed by atoms with Crippen LogP contribution in [0, 0.1) is 0 Å². The van der Waals surface area contributed by atoms with Crippen LogP contribution in [0.4, 0.5) is 0 Å². The summed E-state index contributed by atoms with van der Waals surface area (Å²) in [5, 5.41) is 8.76. The smallest absolute Gasteiger partial charge is 0.276 e. The Kier molecular flexibility index (Phi) is 4.99. The van der Waals surface area contributed by atoms with E-state index in [0.717, 1.165) is 42.7 Å². The van der Waals surface area contributed by atoms with Crippen LogP contribution in [0.25, 0.3) is 11.3 Å². The molecule has 2 aromatic heterocycles. The SMILES string of the molecule is CCCc1cc([C@H]2CCCN2C(=O)c2cc(-c3cccc(Cl)c3)on2)no1. The second-order valence-corrected chi connectivity index (χ2v) is 7.15. The van der Waals surface area contributed by atoms with Gasteiger partial charge in [0.05, 0.1) is 6.04 Å². The molecule has 1 aliphatic heterocycles. The lowest BCUT2D eigenvalue weighted by molar-refractivity contribution is 0.0720. The number of rotatable bonds is 5. The number of hydrogen-bond acceptors (Lipinski definition) is 5. The van der Waals surface area contributed by atoms with Crippen molar-refractivity contribution in [2.75, 3.05) is 6.54 Å². The highest BCUT2D eigenvalue weighted by Gasteiger charge is 2.34. The molecule has 0 bridgehead atoms. The van der Waals surface area contributed by atoms with E-state index >= 15 is 0 Å². The number of halogens is 1. The second-order valence-electron chi connectivity index (χ2n) is 6.71. The highest BCUT2D eigenvalue weighted by Crippen LogP contribution is 2.33. The molecule has 0 N–H and O–H groups in total. The summed E-state index contributed by atoms with van der Waals surface area (Å²) in [6.07, 6.45) is 3.63. The van der Waals surface area contributed by atoms with Gasteiger partial charge in [-0.1, -0.05) is 41.0 Å². The van der Waals surface area contributed by atoms with Crippen molar-refractivity contribution in [3.63, 3.8) is 0 Å². The fourth-order valence-electron chi connectivity index (χ4n) is 3.47. The maximum absolute atomic E-state index is 13.0. The molecule has 0 saturated carbocycles. The van der Waals surface area contributed by atoms with E-state index in [0.29, 0.717) is 17.3 Å². The molecular weight excluding hydrogens is 366 g/mol. The number of amides is 1. The highest BCUT2D eigenvalue weighted by molar-refractivity contribution is 6.30. The first-order valence-electron chi connectivity index (χ1n) is 9.15. The summed E-state index contributed by atoms with van der Waals surface area (Å²) in [5.74, 6) is 1.22. The predicted molar refractivity (Wildman–Crippen MR) is 100 cm³/mol. The third-order valence-corrected chi connectivity index (χ3v) is 5.00. The molecule has 27 heavy (non-hydrogen) atoms. The molecule has 1 aliphatic rings. The Bertz CT molecular complexity index is 949. The normalized spacial score (nSPS) is 16.8. The third kappa shape index (κ3) is 3.62. The molecule has 0 spiro atoms. The van der Waals surface area contributed by atoms with Crippen molar-refractivity contribution in [2.24, 2.45) is 0 Å². The Morgan fingerprint density at radius 3 is 2.96 bits per heavy atom. The Balaban J connectivity index is 1.55. The molecule has 1 fully saturated rings. The van der Waals surface area contributed by atoms with Crippen LogP contribution in [0.3, 0.4) is 0 Å². The van der Waals surface area contributed by atoms with Crippen LogP contribution in [-0.2, 0) is 6.42 Å². The van der Waals surface area contributed by atoms with Gasteiger partial charge in [-0.25, -0.2) is 0 Å². The van der Waals surface area contributed by atoms with Crippen molar-refractivity contribution in [1.29, 1.82) is 0 Å². The van der Waals surface area contributed by atoms with E-state index in [1.807, 2.05) is 18.2 Å². The number of carbonyl (C=O) groups is 1. The van der Waals surface area contributed by atoms with E-state index in [2.05, 4.69) is 17.2 Å². The van der Waals surface area contributed by atoms with E-state index in [1.165, 1.54) is 0 Å². The van der Waals surface area contributed by atoms with Crippen LogP contribution >= 0.6 is 11.6 Å². The van der Waals surface area contributed by atoms with Crippen LogP contribution in [0.1, 0.15) is 54.2 Å². The van der Waals surface area contributed by atoms with Crippen molar-refractivity contribution in [3.8, 4) is 11.3 Å². The maximum atomic E-state index is 13.0. The quantitative estimate of drug-likeness (QED) is 0.623. The zero-order chi connectivity index (χ0) is 18.8. The molecule has 1 aromatic carbocycles. The molecule has 1 saturated heterocycles. The van der Waals surface area contributed by atoms with Crippen LogP contribution < -0.4 is 0 Å². The lowest BCUT2D eigenvalue weighted by atomic mass is 10.1. The number of benzene rings is 1. The average Bonchev–Trinajstić information content (AvgIpc) is 3.41. The summed E-state index contributed by atoms with van der Waals surface area (Å²) in [6, 6.07) is 10.8. The summed E-state index contributed by atoms with van der Waals surface area (Å²) >= 11 is 6.03. The molecular formula is C20H20ClN3O3. The standard InChI is InChI=1S/C20H20ClN3O3/c1-2-5-15-11-16(22-26-15)18-8-4-9-24(18)20(25)17-12-19(27-23-17)13-6-3-7-14(21)10-13/h3,6-7,10-12,18H,2,4-5,8-9H2,1H3/t18-/m1/s1. The van der Waals surface area contributed by atoms with Gasteiger partial charge in [-0.2, -0.15) is 0 Å². The molecule has 1 amide bonds. The Hall–Kier alpha value is -2.60. The summed E-state index contributed by atoms with van der Waals surface area (Å²) in [6.45, 7) is 2.76. The molecule has 0 unspecified atom stereocenters. The molecule has 6 nitrogen and oxygen atoms in total. The van der Waals surface area contributed by atoms with Crippen molar-refractivity contribution in [3.05, 3.63) is 58.6 Å². The third-order valence-electron chi connectivity index (χ3n) is 4.77. The van der Waals surface area contributed by atoms with Crippen molar-refractivity contribution in [1.82, 2.24) is 15.2 Å². The summed E-state index contributed by atoms with van der Waals surface area (Å²) in [7, 11) is 0. The van der Waals surface area contributed by atoms with E-state index in [1.54, 1.807) is 23.1 Å². The second kappa shape index (κ2) is 7.56. The van der Waals surface area contributed by atoms with E-state index in [9.17, 15) is 4.79 Å². The van der Waals surface area contributed by atoms with Gasteiger partial charge in [0.1, 0.15) is 11.5 Å². The number of aryl methyl sites for hydroxylation is 1. The number of nitrogens with zero attached hydrogens (tertiary/aromatic N) is 3. The van der Waals surface area contributed by atoms with Gasteiger partial charge in [0.25, 0.3) is 5.91 Å². The molecule has 0 aliphatic carbocycles. The minimum absolute atomic E-state index is 0.0850. The van der Waals surface area contributed by atoms with Gasteiger partial charge in [0.15, 0.2) is 11.5 Å². The van der Waals surface area contributed by atoms with Crippen molar-refractivity contribution in [2.45, 2.75) is 38.6 Å². The Morgan fingerprint density at radius 1 is 1.26 bits per heavy atom. The predicted octanol–water partition coefficient (Wildman–Crippen LogP) is 4.91. The van der Waals surface area contributed by atoms with Gasteiger partial charge in [0, 0.05) is 35.7 Å². The lowest BCUT2D eigenvalue weighted by Gasteiger charge is -2.21. The Labute approximate surface area is 162 Å². The molecule has 140 valence electrons. The van der Waals surface area contributed by atoms with Crippen molar-refractivity contribution < 1.29 is 13.8 Å². The number of hydrogen-bond donors (Lipinski definition) is 0. The van der Waals surface area contributed by atoms with Gasteiger partial charge in [0.2, 0.25) is 0 Å². The van der Waals surface area contributed by atoms with Crippen LogP contribution in [0.15, 0.2) is 45.4 Å². The summed E-state index contributed by atoms with van der Waals surface area (Å²) < 4.78 is 10.8. The van der Waals surface area contributed by atoms with E-state index in [-0.39, 0.29) is 17.6 Å². The number of likely N-dealkylation sites (tertiary alicyclic amines) is 1. The monoisotopic (exact) mass is 385 g/mol. The molecule has 7 heteroatoms. The molecule has 3 aromatic rings. The van der Waals surface area contributed by atoms with Crippen LogP contribution in [0.2, 0.25) is 5.02 Å². The highest BCUT2D eigenvalue weighted by atomic mass is 35.5. The van der Waals surface area contributed by atoms with Gasteiger partial charge in [-0.3, -0.25) is 4.79 Å². The zero-order valence-corrected chi connectivity index (χ0v) is 15.8. The summed E-state index contributed by atoms with van der Waals surface area (Å²) in [4.78, 5) is 14.8. The van der Waals surface area contributed by atoms with Crippen LogP contribution in [-0.4, -0.2) is 27.7 Å². The zero-order valence-electron chi connectivity index (χ0n) is 15.0. The van der Waals surface area contributed by atoms with E-state index in [4.69, 9.17) is 20.6 Å². The lowest BCUT2D eigenvalue weighted by Crippen LogP contribution is -2.30. The molecule has 3 heterocycles. The topological polar surface area (TPSA) is 72.4 Å². The van der Waals surface area contributed by atoms with Crippen molar-refractivity contribution >= 4 is 17.5 Å². The summed E-state index contributed by atoms with van der Waals surface area (Å²) in [5.41, 5.74) is 1.88. The Morgan fingerprint density at radius 2 is 2.15 bits per heavy atom. The molecule has 4 rings (SSSR count). The average molecular weight is 386 g/mol. The number of carbonyl (C=O) groups excluding carboxylic acids is 1. The fraction of sp³-hybridized carbons (Fsp3) is 0.350. The minimum Gasteiger partial charge on any atom is -0.361 e. The fourth-order valence-corrected chi connectivity index (χ4v) is 3.66. The van der Waals surface area contributed by atoms with Gasteiger partial charge >= 0.3 is 0 Å². The first-order valence-corrected chi connectivity index (χ1v) is 9.52. The minimum atomic E-state index is -0.158. The molecule has 0 radical (unpaired) electrons. The largest absolute Gasteiger partial charge is 0.361 e. The van der Waals surface area contributed by atoms with E-state index < -0.39 is 0 Å². The van der Waals surface area contributed by atoms with Crippen LogP contribution in [0.5, 0.6) is 0 Å². The van der Waals surface area contributed by atoms with Gasteiger partial charge in [-0.05, 0) is 31.4 Å². The first kappa shape index (κ1) is 17.8. The molecule has 1 atom stereocenters. The maximum Gasteiger partial charge on any atom is 0.276 e. The van der Waals surface area contributed by atoms with Gasteiger partial charge in [-0.15, -0.1) is 0 Å². The first-order chi connectivity index (χ1) is 13.2. The number of aromatic nitrogens is 2. The van der Waals surface area contributed by atoms with Gasteiger partial charge < -0.3 is 13.9 Å².